The summed E-state index contributed by atoms with van der Waals surface area (Å²) in [5, 5.41) is 4.53. The lowest BCUT2D eigenvalue weighted by atomic mass is 10.1. The van der Waals surface area contributed by atoms with Crippen molar-refractivity contribution in [1.82, 2.24) is 10.2 Å². The van der Waals surface area contributed by atoms with Crippen LogP contribution in [0.2, 0.25) is 5.02 Å². The van der Waals surface area contributed by atoms with Crippen LogP contribution in [0.3, 0.4) is 0 Å². The van der Waals surface area contributed by atoms with E-state index in [0.29, 0.717) is 16.4 Å². The average molecular weight is 415 g/mol. The molecule has 2 heterocycles. The van der Waals surface area contributed by atoms with Crippen LogP contribution < -0.4 is 5.32 Å². The van der Waals surface area contributed by atoms with E-state index in [1.165, 1.54) is 16.9 Å². The van der Waals surface area contributed by atoms with Crippen molar-refractivity contribution < 1.29 is 9.53 Å². The van der Waals surface area contributed by atoms with Gasteiger partial charge in [0.05, 0.1) is 18.2 Å². The summed E-state index contributed by atoms with van der Waals surface area (Å²) in [6.45, 7) is 7.02. The van der Waals surface area contributed by atoms with Crippen molar-refractivity contribution in [3.63, 3.8) is 0 Å². The predicted octanol–water partition coefficient (Wildman–Crippen LogP) is 4.63. The van der Waals surface area contributed by atoms with Crippen molar-refractivity contribution >= 4 is 38.9 Å². The number of halogens is 1. The molecule has 1 saturated heterocycles. The molecule has 1 amide bonds. The van der Waals surface area contributed by atoms with Gasteiger partial charge in [0.1, 0.15) is 4.88 Å². The third-order valence-electron chi connectivity index (χ3n) is 5.06. The van der Waals surface area contributed by atoms with E-state index in [9.17, 15) is 4.79 Å². The highest BCUT2D eigenvalue weighted by atomic mass is 35.5. The number of nitrogens with zero attached hydrogens (tertiary/aromatic N) is 1. The largest absolute Gasteiger partial charge is 0.379 e. The van der Waals surface area contributed by atoms with E-state index in [0.717, 1.165) is 54.1 Å². The number of amides is 1. The number of rotatable bonds is 5. The Morgan fingerprint density at radius 1 is 1.14 bits per heavy atom. The minimum Gasteiger partial charge on any atom is -0.379 e. The van der Waals surface area contributed by atoms with Crippen LogP contribution in [-0.2, 0) is 17.8 Å². The monoisotopic (exact) mass is 414 g/mol. The Morgan fingerprint density at radius 3 is 2.57 bits per heavy atom. The number of hydrogen-bond acceptors (Lipinski definition) is 4. The van der Waals surface area contributed by atoms with Crippen LogP contribution in [0.1, 0.15) is 26.4 Å². The first-order valence-corrected chi connectivity index (χ1v) is 10.6. The fraction of sp³-hybridized carbons (Fsp3) is 0.318. The Hall–Kier alpha value is -1.92. The molecule has 146 valence electrons. The van der Waals surface area contributed by atoms with Gasteiger partial charge in [0.25, 0.3) is 5.91 Å². The van der Waals surface area contributed by atoms with Gasteiger partial charge in [0.15, 0.2) is 0 Å². The van der Waals surface area contributed by atoms with Gasteiger partial charge < -0.3 is 10.1 Å². The van der Waals surface area contributed by atoms with Gasteiger partial charge in [-0.2, -0.15) is 0 Å². The summed E-state index contributed by atoms with van der Waals surface area (Å²) >= 11 is 7.93. The van der Waals surface area contributed by atoms with Gasteiger partial charge in [-0.15, -0.1) is 11.3 Å². The van der Waals surface area contributed by atoms with E-state index in [2.05, 4.69) is 34.5 Å². The summed E-state index contributed by atoms with van der Waals surface area (Å²) in [6.07, 6.45) is 0. The SMILES string of the molecule is Cc1cccc2sc(C(=O)NCc3ccc(CN4CCOCC4)cc3)c(Cl)c12. The maximum absolute atomic E-state index is 12.6. The van der Waals surface area contributed by atoms with Crippen LogP contribution in [0.15, 0.2) is 42.5 Å². The van der Waals surface area contributed by atoms with Crippen LogP contribution >= 0.6 is 22.9 Å². The normalized spacial score (nSPS) is 15.1. The third-order valence-corrected chi connectivity index (χ3v) is 6.70. The lowest BCUT2D eigenvalue weighted by Crippen LogP contribution is -2.35. The average Bonchev–Trinajstić information content (AvgIpc) is 3.06. The molecule has 3 aromatic rings. The second-order valence-electron chi connectivity index (χ2n) is 7.08. The van der Waals surface area contributed by atoms with Gasteiger partial charge >= 0.3 is 0 Å². The number of nitrogens with one attached hydrogen (secondary N) is 1. The number of morpholine rings is 1. The zero-order chi connectivity index (χ0) is 19.5. The highest BCUT2D eigenvalue weighted by molar-refractivity contribution is 7.21. The maximum Gasteiger partial charge on any atom is 0.263 e. The lowest BCUT2D eigenvalue weighted by Gasteiger charge is -2.26. The highest BCUT2D eigenvalue weighted by Gasteiger charge is 2.18. The molecule has 0 saturated carbocycles. The number of carbonyl (C=O) groups is 1. The molecular formula is C22H23ClN2O2S. The molecule has 0 bridgehead atoms. The van der Waals surface area contributed by atoms with Crippen molar-refractivity contribution in [2.45, 2.75) is 20.0 Å². The third kappa shape index (κ3) is 4.23. The molecule has 28 heavy (non-hydrogen) atoms. The smallest absolute Gasteiger partial charge is 0.263 e. The molecule has 6 heteroatoms. The number of carbonyl (C=O) groups excluding carboxylic acids is 1. The number of hydrogen-bond donors (Lipinski definition) is 1. The lowest BCUT2D eigenvalue weighted by molar-refractivity contribution is 0.0342. The van der Waals surface area contributed by atoms with E-state index >= 15 is 0 Å². The van der Waals surface area contributed by atoms with Crippen LogP contribution in [-0.4, -0.2) is 37.1 Å². The van der Waals surface area contributed by atoms with Crippen molar-refractivity contribution in [3.8, 4) is 0 Å². The minimum absolute atomic E-state index is 0.122. The summed E-state index contributed by atoms with van der Waals surface area (Å²) in [4.78, 5) is 15.6. The van der Waals surface area contributed by atoms with Crippen molar-refractivity contribution in [1.29, 1.82) is 0 Å². The summed E-state index contributed by atoms with van der Waals surface area (Å²) in [7, 11) is 0. The molecule has 0 aliphatic carbocycles. The molecule has 1 fully saturated rings. The fourth-order valence-corrected chi connectivity index (χ4v) is 5.06. The number of thiophene rings is 1. The first-order valence-electron chi connectivity index (χ1n) is 9.45. The Bertz CT molecular complexity index is 978. The van der Waals surface area contributed by atoms with Crippen molar-refractivity contribution in [2.75, 3.05) is 26.3 Å². The minimum atomic E-state index is -0.122. The quantitative estimate of drug-likeness (QED) is 0.662. The first kappa shape index (κ1) is 19.4. The zero-order valence-electron chi connectivity index (χ0n) is 15.8. The van der Waals surface area contributed by atoms with Crippen LogP contribution in [0, 0.1) is 6.92 Å². The molecular weight excluding hydrogens is 392 g/mol. The van der Waals surface area contributed by atoms with Crippen LogP contribution in [0.5, 0.6) is 0 Å². The molecule has 1 aliphatic rings. The van der Waals surface area contributed by atoms with Crippen molar-refractivity contribution in [3.05, 3.63) is 69.1 Å². The summed E-state index contributed by atoms with van der Waals surface area (Å²) < 4.78 is 6.44. The van der Waals surface area contributed by atoms with Crippen LogP contribution in [0.25, 0.3) is 10.1 Å². The van der Waals surface area contributed by atoms with E-state index in [1.54, 1.807) is 0 Å². The molecule has 0 unspecified atom stereocenters. The molecule has 1 aromatic heterocycles. The van der Waals surface area contributed by atoms with E-state index in [4.69, 9.17) is 16.3 Å². The number of ether oxygens (including phenoxy) is 1. The van der Waals surface area contributed by atoms with Gasteiger partial charge in [-0.25, -0.2) is 0 Å². The Kier molecular flexibility index (Phi) is 5.97. The zero-order valence-corrected chi connectivity index (χ0v) is 17.4. The van der Waals surface area contributed by atoms with Gasteiger partial charge in [0.2, 0.25) is 0 Å². The second-order valence-corrected chi connectivity index (χ2v) is 8.51. The predicted molar refractivity (Wildman–Crippen MR) is 115 cm³/mol. The molecule has 2 aromatic carbocycles. The standard InChI is InChI=1S/C22H23ClN2O2S/c1-15-3-2-4-18-19(15)20(23)21(28-18)22(26)24-13-16-5-7-17(8-6-16)14-25-9-11-27-12-10-25/h2-8H,9-14H2,1H3,(H,24,26). The molecule has 0 radical (unpaired) electrons. The van der Waals surface area contributed by atoms with Gasteiger partial charge in [-0.05, 0) is 29.7 Å². The molecule has 0 spiro atoms. The fourth-order valence-electron chi connectivity index (χ4n) is 3.46. The van der Waals surface area contributed by atoms with E-state index in [-0.39, 0.29) is 5.91 Å². The van der Waals surface area contributed by atoms with Crippen molar-refractivity contribution in [2.24, 2.45) is 0 Å². The van der Waals surface area contributed by atoms with Gasteiger partial charge in [-0.1, -0.05) is 48.0 Å². The van der Waals surface area contributed by atoms with E-state index < -0.39 is 0 Å². The summed E-state index contributed by atoms with van der Waals surface area (Å²) in [5.74, 6) is -0.122. The first-order chi connectivity index (χ1) is 13.6. The number of benzene rings is 2. The number of fused-ring (bicyclic) bond motifs is 1. The van der Waals surface area contributed by atoms with Gasteiger partial charge in [0, 0.05) is 36.3 Å². The molecule has 1 N–H and O–H groups in total. The van der Waals surface area contributed by atoms with Crippen LogP contribution in [0.4, 0.5) is 0 Å². The Labute approximate surface area is 174 Å². The Morgan fingerprint density at radius 2 is 1.86 bits per heavy atom. The molecule has 0 atom stereocenters. The molecule has 4 rings (SSSR count). The summed E-state index contributed by atoms with van der Waals surface area (Å²) in [5.41, 5.74) is 3.45. The molecule has 4 nitrogen and oxygen atoms in total. The molecule has 1 aliphatic heterocycles. The maximum atomic E-state index is 12.6. The summed E-state index contributed by atoms with van der Waals surface area (Å²) in [6, 6.07) is 14.4. The topological polar surface area (TPSA) is 41.6 Å². The Balaban J connectivity index is 1.38. The number of aryl methyl sites for hydroxylation is 1. The van der Waals surface area contributed by atoms with Gasteiger partial charge in [-0.3, -0.25) is 9.69 Å². The second kappa shape index (κ2) is 8.62. The highest BCUT2D eigenvalue weighted by Crippen LogP contribution is 2.37. The van der Waals surface area contributed by atoms with E-state index in [1.807, 2.05) is 25.1 Å².